The largest absolute Gasteiger partial charge is 0.486 e. The number of rotatable bonds is 4. The molecule has 0 saturated carbocycles. The number of carboxylic acid groups (broad SMARTS) is 1. The molecular formula is C12H12BrFO4. The van der Waals surface area contributed by atoms with Crippen LogP contribution in [-0.4, -0.2) is 24.3 Å². The van der Waals surface area contributed by atoms with Crippen LogP contribution in [-0.2, 0) is 11.2 Å². The molecule has 0 bridgehead atoms. The number of hydrogen-bond donors (Lipinski definition) is 1. The van der Waals surface area contributed by atoms with Crippen molar-refractivity contribution in [3.63, 3.8) is 0 Å². The normalized spacial score (nSPS) is 13.4. The molecule has 6 heteroatoms. The van der Waals surface area contributed by atoms with E-state index < -0.39 is 11.8 Å². The molecule has 0 fully saturated rings. The quantitative estimate of drug-likeness (QED) is 0.927. The molecule has 1 aromatic carbocycles. The fourth-order valence-electron chi connectivity index (χ4n) is 1.80. The molecule has 1 aliphatic rings. The Labute approximate surface area is 112 Å². The molecule has 1 heterocycles. The van der Waals surface area contributed by atoms with Gasteiger partial charge in [0.15, 0.2) is 17.3 Å². The molecule has 4 nitrogen and oxygen atoms in total. The molecule has 0 radical (unpaired) electrons. The first-order valence-corrected chi connectivity index (χ1v) is 6.37. The maximum atomic E-state index is 14.2. The minimum Gasteiger partial charge on any atom is -0.486 e. The lowest BCUT2D eigenvalue weighted by Gasteiger charge is -2.21. The summed E-state index contributed by atoms with van der Waals surface area (Å²) >= 11 is 3.27. The third kappa shape index (κ3) is 2.75. The first kappa shape index (κ1) is 13.1. The highest BCUT2D eigenvalue weighted by Gasteiger charge is 2.22. The van der Waals surface area contributed by atoms with E-state index in [1.807, 2.05) is 0 Å². The standard InChI is InChI=1S/C12H12BrFO4/c13-8-6-9-12(18-5-4-17-9)11(14)7(8)2-1-3-10(15)16/h6H,1-5H2,(H,15,16). The first-order valence-electron chi connectivity index (χ1n) is 5.58. The highest BCUT2D eigenvalue weighted by molar-refractivity contribution is 9.10. The van der Waals surface area contributed by atoms with Gasteiger partial charge in [-0.2, -0.15) is 0 Å². The van der Waals surface area contributed by atoms with E-state index in [-0.39, 0.29) is 12.2 Å². The second-order valence-corrected chi connectivity index (χ2v) is 4.78. The minimum absolute atomic E-state index is 0.0142. The number of ether oxygens (including phenoxy) is 2. The van der Waals surface area contributed by atoms with Crippen LogP contribution in [0.25, 0.3) is 0 Å². The predicted octanol–water partition coefficient (Wildman–Crippen LogP) is 2.77. The van der Waals surface area contributed by atoms with Crippen molar-refractivity contribution in [2.24, 2.45) is 0 Å². The lowest BCUT2D eigenvalue weighted by atomic mass is 10.1. The summed E-state index contributed by atoms with van der Waals surface area (Å²) < 4.78 is 25.3. The van der Waals surface area contributed by atoms with Crippen LogP contribution in [0.1, 0.15) is 18.4 Å². The highest BCUT2D eigenvalue weighted by atomic mass is 79.9. The molecule has 98 valence electrons. The van der Waals surface area contributed by atoms with Gasteiger partial charge < -0.3 is 14.6 Å². The average molecular weight is 319 g/mol. The molecule has 0 saturated heterocycles. The zero-order chi connectivity index (χ0) is 13.1. The lowest BCUT2D eigenvalue weighted by Crippen LogP contribution is -2.17. The predicted molar refractivity (Wildman–Crippen MR) is 65.7 cm³/mol. The van der Waals surface area contributed by atoms with Crippen LogP contribution in [0, 0.1) is 5.82 Å². The van der Waals surface area contributed by atoms with E-state index in [1.165, 1.54) is 0 Å². The van der Waals surface area contributed by atoms with E-state index in [0.717, 1.165) is 0 Å². The number of carboxylic acids is 1. The van der Waals surface area contributed by atoms with Crippen molar-refractivity contribution in [3.05, 3.63) is 21.9 Å². The summed E-state index contributed by atoms with van der Waals surface area (Å²) in [4.78, 5) is 10.4. The van der Waals surface area contributed by atoms with Gasteiger partial charge in [-0.15, -0.1) is 0 Å². The van der Waals surface area contributed by atoms with Crippen molar-refractivity contribution >= 4 is 21.9 Å². The fourth-order valence-corrected chi connectivity index (χ4v) is 2.38. The van der Waals surface area contributed by atoms with Crippen LogP contribution in [0.2, 0.25) is 0 Å². The fraction of sp³-hybridized carbons (Fsp3) is 0.417. The van der Waals surface area contributed by atoms with Crippen LogP contribution in [0.4, 0.5) is 4.39 Å². The Morgan fingerprint density at radius 3 is 2.89 bits per heavy atom. The van der Waals surface area contributed by atoms with Crippen molar-refractivity contribution in [1.82, 2.24) is 0 Å². The zero-order valence-electron chi connectivity index (χ0n) is 9.54. The molecule has 1 aliphatic heterocycles. The highest BCUT2D eigenvalue weighted by Crippen LogP contribution is 2.39. The molecule has 1 N–H and O–H groups in total. The van der Waals surface area contributed by atoms with E-state index in [1.54, 1.807) is 6.07 Å². The maximum absolute atomic E-state index is 14.2. The number of hydrogen-bond acceptors (Lipinski definition) is 3. The van der Waals surface area contributed by atoms with Crippen molar-refractivity contribution < 1.29 is 23.8 Å². The van der Waals surface area contributed by atoms with Gasteiger partial charge in [0.25, 0.3) is 0 Å². The molecule has 0 unspecified atom stereocenters. The van der Waals surface area contributed by atoms with Crippen LogP contribution >= 0.6 is 15.9 Å². The lowest BCUT2D eigenvalue weighted by molar-refractivity contribution is -0.137. The second kappa shape index (κ2) is 5.56. The van der Waals surface area contributed by atoms with Gasteiger partial charge in [-0.05, 0) is 18.9 Å². The summed E-state index contributed by atoms with van der Waals surface area (Å²) in [5.74, 6) is -0.851. The van der Waals surface area contributed by atoms with Gasteiger partial charge >= 0.3 is 5.97 Å². The molecule has 18 heavy (non-hydrogen) atoms. The van der Waals surface area contributed by atoms with Crippen molar-refractivity contribution in [1.29, 1.82) is 0 Å². The molecule has 2 rings (SSSR count). The number of fused-ring (bicyclic) bond motifs is 1. The average Bonchev–Trinajstić information content (AvgIpc) is 2.33. The maximum Gasteiger partial charge on any atom is 0.303 e. The molecular weight excluding hydrogens is 307 g/mol. The van der Waals surface area contributed by atoms with Gasteiger partial charge in [-0.3, -0.25) is 4.79 Å². The monoisotopic (exact) mass is 318 g/mol. The van der Waals surface area contributed by atoms with Gasteiger partial charge in [0.05, 0.1) is 0 Å². The summed E-state index contributed by atoms with van der Waals surface area (Å²) in [6.45, 7) is 0.720. The third-order valence-corrected chi connectivity index (χ3v) is 3.35. The summed E-state index contributed by atoms with van der Waals surface area (Å²) in [6.07, 6.45) is 0.736. The molecule has 0 amide bonds. The Hall–Kier alpha value is -1.30. The van der Waals surface area contributed by atoms with Crippen molar-refractivity contribution in [2.75, 3.05) is 13.2 Å². The Bertz CT molecular complexity index is 476. The SMILES string of the molecule is O=C(O)CCCc1c(Br)cc2c(c1F)OCCO2. The summed E-state index contributed by atoms with van der Waals surface area (Å²) in [5.41, 5.74) is 0.431. The molecule has 0 aliphatic carbocycles. The van der Waals surface area contributed by atoms with E-state index in [2.05, 4.69) is 15.9 Å². The third-order valence-electron chi connectivity index (χ3n) is 2.64. The van der Waals surface area contributed by atoms with Gasteiger partial charge in [-0.1, -0.05) is 15.9 Å². The molecule has 0 atom stereocenters. The van der Waals surface area contributed by atoms with Crippen LogP contribution in [0.3, 0.4) is 0 Å². The van der Waals surface area contributed by atoms with Gasteiger partial charge in [0.1, 0.15) is 13.2 Å². The van der Waals surface area contributed by atoms with E-state index in [0.29, 0.717) is 41.8 Å². The Morgan fingerprint density at radius 2 is 2.17 bits per heavy atom. The van der Waals surface area contributed by atoms with Crippen LogP contribution in [0.5, 0.6) is 11.5 Å². The van der Waals surface area contributed by atoms with Crippen molar-refractivity contribution in [2.45, 2.75) is 19.3 Å². The van der Waals surface area contributed by atoms with E-state index in [4.69, 9.17) is 14.6 Å². The van der Waals surface area contributed by atoms with E-state index in [9.17, 15) is 9.18 Å². The molecule has 0 aromatic heterocycles. The van der Waals surface area contributed by atoms with Crippen LogP contribution < -0.4 is 9.47 Å². The molecule has 1 aromatic rings. The second-order valence-electron chi connectivity index (χ2n) is 3.92. The smallest absolute Gasteiger partial charge is 0.303 e. The number of aliphatic carboxylic acids is 1. The molecule has 0 spiro atoms. The summed E-state index contributed by atoms with van der Waals surface area (Å²) in [7, 11) is 0. The Balaban J connectivity index is 2.21. The van der Waals surface area contributed by atoms with Gasteiger partial charge in [0, 0.05) is 16.5 Å². The number of halogens is 2. The summed E-state index contributed by atoms with van der Waals surface area (Å²) in [5, 5.41) is 8.57. The number of benzene rings is 1. The van der Waals surface area contributed by atoms with Crippen LogP contribution in [0.15, 0.2) is 10.5 Å². The van der Waals surface area contributed by atoms with Gasteiger partial charge in [-0.25, -0.2) is 4.39 Å². The number of carbonyl (C=O) groups is 1. The first-order chi connectivity index (χ1) is 8.59. The van der Waals surface area contributed by atoms with E-state index >= 15 is 0 Å². The Kier molecular flexibility index (Phi) is 4.06. The zero-order valence-corrected chi connectivity index (χ0v) is 11.1. The topological polar surface area (TPSA) is 55.8 Å². The minimum atomic E-state index is -0.885. The summed E-state index contributed by atoms with van der Waals surface area (Å²) in [6, 6.07) is 1.66. The van der Waals surface area contributed by atoms with Crippen molar-refractivity contribution in [3.8, 4) is 11.5 Å². The Morgan fingerprint density at radius 1 is 1.44 bits per heavy atom. The van der Waals surface area contributed by atoms with Gasteiger partial charge in [0.2, 0.25) is 0 Å².